The zero-order valence-electron chi connectivity index (χ0n) is 17.9. The van der Waals surface area contributed by atoms with Crippen molar-refractivity contribution in [2.24, 2.45) is 39.9 Å². The van der Waals surface area contributed by atoms with Crippen molar-refractivity contribution in [3.63, 3.8) is 0 Å². The normalized spacial score (nSPS) is 57.3. The Morgan fingerprint density at radius 3 is 2.56 bits per heavy atom. The van der Waals surface area contributed by atoms with Gasteiger partial charge in [0.05, 0.1) is 6.10 Å². The second-order valence-corrected chi connectivity index (χ2v) is 11.2. The summed E-state index contributed by atoms with van der Waals surface area (Å²) in [5, 5.41) is 18.0. The van der Waals surface area contributed by atoms with Crippen LogP contribution in [0.3, 0.4) is 0 Å². The van der Waals surface area contributed by atoms with E-state index in [1.807, 2.05) is 0 Å². The van der Waals surface area contributed by atoms with Gasteiger partial charge >= 0.3 is 0 Å². The molecular formula is C24H40N2O. The first-order chi connectivity index (χ1) is 12.8. The lowest BCUT2D eigenvalue weighted by Crippen LogP contribution is -2.52. The van der Waals surface area contributed by atoms with E-state index in [0.29, 0.717) is 34.2 Å². The van der Waals surface area contributed by atoms with Gasteiger partial charge < -0.3 is 15.7 Å². The van der Waals surface area contributed by atoms with Crippen molar-refractivity contribution < 1.29 is 5.11 Å². The summed E-state index contributed by atoms with van der Waals surface area (Å²) in [7, 11) is 4.17. The second kappa shape index (κ2) is 5.83. The molecule has 0 bridgehead atoms. The maximum Gasteiger partial charge on any atom is 0.0591 e. The van der Waals surface area contributed by atoms with Crippen LogP contribution >= 0.6 is 0 Å². The van der Waals surface area contributed by atoms with Gasteiger partial charge in [-0.1, -0.05) is 19.1 Å². The maximum absolute atomic E-state index is 11.1. The number of hydrogen-bond acceptors (Lipinski definition) is 3. The summed E-state index contributed by atoms with van der Waals surface area (Å²) < 4.78 is 0. The third-order valence-corrected chi connectivity index (χ3v) is 10.9. The molecule has 3 N–H and O–H groups in total. The van der Waals surface area contributed by atoms with Crippen LogP contribution in [0.25, 0.3) is 0 Å². The minimum atomic E-state index is -0.125. The summed E-state index contributed by atoms with van der Waals surface area (Å²) in [5.74, 6) is 2.72. The highest BCUT2D eigenvalue weighted by Gasteiger charge is 2.79. The fourth-order valence-corrected chi connectivity index (χ4v) is 9.62. The largest absolute Gasteiger partial charge is 0.393 e. The monoisotopic (exact) mass is 372 g/mol. The highest BCUT2D eigenvalue weighted by atomic mass is 16.3. The van der Waals surface area contributed by atoms with Gasteiger partial charge in [-0.05, 0) is 106 Å². The predicted molar refractivity (Wildman–Crippen MR) is 110 cm³/mol. The van der Waals surface area contributed by atoms with E-state index in [4.69, 9.17) is 0 Å². The van der Waals surface area contributed by atoms with E-state index in [9.17, 15) is 5.11 Å². The topological polar surface area (TPSA) is 44.3 Å². The Kier molecular flexibility index (Phi) is 4.02. The highest BCUT2D eigenvalue weighted by Crippen LogP contribution is 2.85. The van der Waals surface area contributed by atoms with E-state index in [-0.39, 0.29) is 6.10 Å². The van der Waals surface area contributed by atoms with Gasteiger partial charge in [-0.15, -0.1) is 0 Å². The third kappa shape index (κ3) is 2.09. The zero-order valence-corrected chi connectivity index (χ0v) is 17.9. The van der Waals surface area contributed by atoms with Crippen molar-refractivity contribution >= 4 is 0 Å². The Bertz CT molecular complexity index is 648. The lowest BCUT2D eigenvalue weighted by molar-refractivity contribution is -0.0631. The van der Waals surface area contributed by atoms with Gasteiger partial charge in [0.1, 0.15) is 0 Å². The molecule has 5 fully saturated rings. The second-order valence-electron chi connectivity index (χ2n) is 11.2. The molecule has 0 aromatic heterocycles. The molecule has 152 valence electrons. The Labute approximate surface area is 165 Å². The standard InChI is InChI=1S/C24H40N2O/c1-14-16-6-7-17-18-12-20(27)21(15(2)25-4)22(18,3)10-11-24(17)13-23(16,24)9-8-19(14)26-5/h15-21,25-27H,1,6-13H2,2-5H3/t15?,16-,17?,18?,19?,20+,21?,22?,23?,24?/m0/s1. The summed E-state index contributed by atoms with van der Waals surface area (Å²) in [6.45, 7) is 9.39. The molecule has 8 unspecified atom stereocenters. The molecule has 0 aliphatic heterocycles. The molecule has 2 spiro atoms. The van der Waals surface area contributed by atoms with Gasteiger partial charge in [0.25, 0.3) is 0 Å². The quantitative estimate of drug-likeness (QED) is 0.662. The third-order valence-electron chi connectivity index (χ3n) is 10.9. The number of aliphatic hydroxyl groups is 1. The van der Waals surface area contributed by atoms with Crippen LogP contribution in [0.15, 0.2) is 12.2 Å². The lowest BCUT2D eigenvalue weighted by Gasteiger charge is -2.56. The summed E-state index contributed by atoms with van der Waals surface area (Å²) >= 11 is 0. The highest BCUT2D eigenvalue weighted by molar-refractivity contribution is 5.34. The SMILES string of the molecule is C=C1C(NC)CCC23CC24CCC2(C)C(C[C@@H](O)C2C(C)NC)C4CC[C@@H]13. The van der Waals surface area contributed by atoms with Gasteiger partial charge in [0.2, 0.25) is 0 Å². The van der Waals surface area contributed by atoms with Crippen LogP contribution in [0.1, 0.15) is 65.2 Å². The van der Waals surface area contributed by atoms with Crippen LogP contribution < -0.4 is 10.6 Å². The van der Waals surface area contributed by atoms with Gasteiger partial charge in [-0.25, -0.2) is 0 Å². The summed E-state index contributed by atoms with van der Waals surface area (Å²) in [5.41, 5.74) is 2.98. The molecule has 5 rings (SSSR count). The van der Waals surface area contributed by atoms with E-state index < -0.39 is 0 Å². The maximum atomic E-state index is 11.1. The molecule has 5 aliphatic carbocycles. The van der Waals surface area contributed by atoms with E-state index in [1.165, 1.54) is 50.5 Å². The Balaban J connectivity index is 1.46. The Hall–Kier alpha value is -0.380. The molecule has 10 atom stereocenters. The van der Waals surface area contributed by atoms with Gasteiger partial charge in [-0.2, -0.15) is 0 Å². The number of hydrogen-bond donors (Lipinski definition) is 3. The molecule has 5 aliphatic rings. The molecule has 27 heavy (non-hydrogen) atoms. The molecule has 3 nitrogen and oxygen atoms in total. The summed E-state index contributed by atoms with van der Waals surface area (Å²) in [6, 6.07) is 0.942. The molecular weight excluding hydrogens is 332 g/mol. The number of likely N-dealkylation sites (N-methyl/N-ethyl adjacent to an activating group) is 1. The van der Waals surface area contributed by atoms with Crippen molar-refractivity contribution in [3.8, 4) is 0 Å². The van der Waals surface area contributed by atoms with Crippen LogP contribution in [0.5, 0.6) is 0 Å². The first kappa shape index (κ1) is 18.6. The fourth-order valence-electron chi connectivity index (χ4n) is 9.62. The van der Waals surface area contributed by atoms with Gasteiger partial charge in [-0.3, -0.25) is 0 Å². The molecule has 0 aromatic rings. The molecule has 3 heteroatoms. The number of rotatable bonds is 3. The average Bonchev–Trinajstić information content (AvgIpc) is 3.23. The average molecular weight is 373 g/mol. The van der Waals surface area contributed by atoms with Crippen molar-refractivity contribution in [2.75, 3.05) is 14.1 Å². The van der Waals surface area contributed by atoms with Gasteiger partial charge in [0.15, 0.2) is 0 Å². The molecule has 0 radical (unpaired) electrons. The molecule has 5 saturated carbocycles. The van der Waals surface area contributed by atoms with Crippen molar-refractivity contribution in [2.45, 2.75) is 83.4 Å². The number of fused-ring (bicyclic) bond motifs is 2. The van der Waals surface area contributed by atoms with E-state index >= 15 is 0 Å². The number of aliphatic hydroxyl groups excluding tert-OH is 1. The zero-order chi connectivity index (χ0) is 19.2. The first-order valence-electron chi connectivity index (χ1n) is 11.6. The lowest BCUT2D eigenvalue weighted by atomic mass is 9.48. The van der Waals surface area contributed by atoms with Crippen LogP contribution in [0, 0.1) is 39.9 Å². The minimum absolute atomic E-state index is 0.125. The minimum Gasteiger partial charge on any atom is -0.393 e. The molecule has 0 amide bonds. The molecule has 0 aromatic carbocycles. The van der Waals surface area contributed by atoms with Crippen LogP contribution in [0.4, 0.5) is 0 Å². The fraction of sp³-hybridized carbons (Fsp3) is 0.917. The van der Waals surface area contributed by atoms with Crippen LogP contribution in [-0.2, 0) is 0 Å². The van der Waals surface area contributed by atoms with Crippen molar-refractivity contribution in [1.82, 2.24) is 10.6 Å². The number of nitrogens with one attached hydrogen (secondary N) is 2. The smallest absolute Gasteiger partial charge is 0.0591 e. The summed E-state index contributed by atoms with van der Waals surface area (Å²) in [6.07, 6.45) is 10.5. The summed E-state index contributed by atoms with van der Waals surface area (Å²) in [4.78, 5) is 0. The van der Waals surface area contributed by atoms with E-state index in [0.717, 1.165) is 24.2 Å². The van der Waals surface area contributed by atoms with Crippen LogP contribution in [0.2, 0.25) is 0 Å². The Morgan fingerprint density at radius 2 is 1.85 bits per heavy atom. The van der Waals surface area contributed by atoms with Crippen LogP contribution in [-0.4, -0.2) is 37.4 Å². The van der Waals surface area contributed by atoms with E-state index in [2.05, 4.69) is 45.2 Å². The van der Waals surface area contributed by atoms with Gasteiger partial charge in [0, 0.05) is 18.0 Å². The predicted octanol–water partition coefficient (Wildman–Crippen LogP) is 3.73. The molecule has 0 saturated heterocycles. The van der Waals surface area contributed by atoms with Crippen molar-refractivity contribution in [1.29, 1.82) is 0 Å². The van der Waals surface area contributed by atoms with E-state index in [1.54, 1.807) is 0 Å². The Morgan fingerprint density at radius 1 is 1.07 bits per heavy atom. The molecule has 0 heterocycles. The first-order valence-corrected chi connectivity index (χ1v) is 11.6. The van der Waals surface area contributed by atoms with Crippen molar-refractivity contribution in [3.05, 3.63) is 12.2 Å².